The molecule has 1 saturated heterocycles. The van der Waals surface area contributed by atoms with Gasteiger partial charge in [0, 0.05) is 47.4 Å². The largest absolute Gasteiger partial charge is 0.444 e. The van der Waals surface area contributed by atoms with E-state index in [0.29, 0.717) is 24.0 Å². The van der Waals surface area contributed by atoms with Crippen molar-refractivity contribution in [2.45, 2.75) is 54.3 Å². The first-order valence-corrected chi connectivity index (χ1v) is 12.9. The number of ether oxygens (including phenoxy) is 1. The molecule has 9 heteroatoms. The van der Waals surface area contributed by atoms with Gasteiger partial charge in [0.25, 0.3) is 5.56 Å². The van der Waals surface area contributed by atoms with Crippen LogP contribution in [0, 0.1) is 0 Å². The maximum atomic E-state index is 12.6. The van der Waals surface area contributed by atoms with E-state index in [2.05, 4.69) is 0 Å². The summed E-state index contributed by atoms with van der Waals surface area (Å²) >= 11 is 1.64. The van der Waals surface area contributed by atoms with E-state index in [1.807, 2.05) is 26.8 Å². The van der Waals surface area contributed by atoms with Crippen LogP contribution in [0.4, 0.5) is 4.79 Å². The predicted octanol–water partition coefficient (Wildman–Crippen LogP) is 3.73. The first kappa shape index (κ1) is 23.4. The molecule has 0 radical (unpaired) electrons. The Labute approximate surface area is 187 Å². The molecule has 1 aromatic heterocycles. The van der Waals surface area contributed by atoms with E-state index in [0.717, 1.165) is 24.0 Å². The number of nitrogens with zero attached hydrogens (tertiary/aromatic N) is 2. The molecule has 0 aliphatic carbocycles. The zero-order valence-electron chi connectivity index (χ0n) is 18.2. The highest BCUT2D eigenvalue weighted by atomic mass is 32.2. The van der Waals surface area contributed by atoms with Gasteiger partial charge in [0.2, 0.25) is 0 Å². The third-order valence-corrected chi connectivity index (χ3v) is 7.29. The second-order valence-corrected chi connectivity index (χ2v) is 12.0. The van der Waals surface area contributed by atoms with Crippen LogP contribution in [0.2, 0.25) is 0 Å². The maximum Gasteiger partial charge on any atom is 0.410 e. The van der Waals surface area contributed by atoms with Gasteiger partial charge in [-0.05, 0) is 63.9 Å². The van der Waals surface area contributed by atoms with Gasteiger partial charge >= 0.3 is 6.09 Å². The van der Waals surface area contributed by atoms with Crippen molar-refractivity contribution in [2.75, 3.05) is 19.3 Å². The number of carbonyl (C=O) groups excluding carboxylic acids is 1. The van der Waals surface area contributed by atoms with Crippen LogP contribution in [0.3, 0.4) is 0 Å². The fourth-order valence-electron chi connectivity index (χ4n) is 3.28. The van der Waals surface area contributed by atoms with E-state index in [1.54, 1.807) is 41.1 Å². The Balaban J connectivity index is 1.61. The molecule has 7 nitrogen and oxygen atoms in total. The first-order chi connectivity index (χ1) is 14.4. The van der Waals surface area contributed by atoms with Gasteiger partial charge in [0.15, 0.2) is 9.84 Å². The van der Waals surface area contributed by atoms with Crippen molar-refractivity contribution in [3.8, 4) is 5.69 Å². The van der Waals surface area contributed by atoms with Crippen LogP contribution < -0.4 is 5.56 Å². The Hall–Kier alpha value is -2.26. The molecular formula is C22H28N2O5S2. The second-order valence-electron chi connectivity index (χ2n) is 8.62. The van der Waals surface area contributed by atoms with Gasteiger partial charge in [-0.1, -0.05) is 0 Å². The monoisotopic (exact) mass is 464 g/mol. The molecular weight excluding hydrogens is 436 g/mol. The molecule has 0 saturated carbocycles. The summed E-state index contributed by atoms with van der Waals surface area (Å²) < 4.78 is 30.1. The van der Waals surface area contributed by atoms with Crippen LogP contribution in [0.5, 0.6) is 0 Å². The van der Waals surface area contributed by atoms with Gasteiger partial charge in [0.05, 0.1) is 4.90 Å². The second kappa shape index (κ2) is 9.08. The van der Waals surface area contributed by atoms with E-state index in [4.69, 9.17) is 4.74 Å². The molecule has 2 aromatic rings. The lowest BCUT2D eigenvalue weighted by Crippen LogP contribution is -2.42. The predicted molar refractivity (Wildman–Crippen MR) is 122 cm³/mol. The van der Waals surface area contributed by atoms with Gasteiger partial charge in [-0.15, -0.1) is 11.8 Å². The van der Waals surface area contributed by atoms with Gasteiger partial charge < -0.3 is 9.64 Å². The quantitative estimate of drug-likeness (QED) is 0.685. The van der Waals surface area contributed by atoms with E-state index in [9.17, 15) is 18.0 Å². The molecule has 3 rings (SSSR count). The zero-order chi connectivity index (χ0) is 22.8. The normalized spacial score (nSPS) is 15.7. The molecule has 1 amide bonds. The van der Waals surface area contributed by atoms with Crippen molar-refractivity contribution < 1.29 is 17.9 Å². The van der Waals surface area contributed by atoms with Gasteiger partial charge in [-0.3, -0.25) is 9.36 Å². The van der Waals surface area contributed by atoms with E-state index >= 15 is 0 Å². The summed E-state index contributed by atoms with van der Waals surface area (Å²) in [6.45, 7) is 6.84. The number of benzene rings is 1. The molecule has 0 N–H and O–H groups in total. The molecule has 1 fully saturated rings. The van der Waals surface area contributed by atoms with E-state index in [-0.39, 0.29) is 16.5 Å². The molecule has 168 valence electrons. The highest BCUT2D eigenvalue weighted by Gasteiger charge is 2.27. The summed E-state index contributed by atoms with van der Waals surface area (Å²) in [7, 11) is -3.28. The molecule has 0 unspecified atom stereocenters. The minimum atomic E-state index is -3.28. The molecule has 0 bridgehead atoms. The van der Waals surface area contributed by atoms with Crippen molar-refractivity contribution in [1.82, 2.24) is 9.47 Å². The third kappa shape index (κ3) is 6.36. The minimum absolute atomic E-state index is 0.178. The molecule has 31 heavy (non-hydrogen) atoms. The highest BCUT2D eigenvalue weighted by Crippen LogP contribution is 2.30. The Bertz CT molecular complexity index is 1090. The number of likely N-dealkylation sites (tertiary alicyclic amines) is 1. The lowest BCUT2D eigenvalue weighted by Gasteiger charge is -2.33. The zero-order valence-corrected chi connectivity index (χ0v) is 19.8. The summed E-state index contributed by atoms with van der Waals surface area (Å²) in [6.07, 6.45) is 4.24. The number of thioether (sulfide) groups is 1. The number of sulfone groups is 1. The number of carbonyl (C=O) groups is 1. The number of amides is 1. The number of hydrogen-bond donors (Lipinski definition) is 0. The van der Waals surface area contributed by atoms with Crippen LogP contribution in [0.25, 0.3) is 5.69 Å². The van der Waals surface area contributed by atoms with Crippen molar-refractivity contribution in [1.29, 1.82) is 0 Å². The number of piperidine rings is 1. The standard InChI is InChI=1S/C22H28N2O5S2/c1-22(2,3)29-21(26)23-12-9-17(10-13-23)30-18-11-14-24(20(25)15-18)16-5-7-19(8-6-16)31(4,27)28/h5-8,11,14-15,17H,9-10,12-13H2,1-4H3. The summed E-state index contributed by atoms with van der Waals surface area (Å²) in [6, 6.07) is 9.72. The minimum Gasteiger partial charge on any atom is -0.444 e. The smallest absolute Gasteiger partial charge is 0.410 e. The fraction of sp³-hybridized carbons (Fsp3) is 0.455. The molecule has 1 aliphatic rings. The van der Waals surface area contributed by atoms with Crippen LogP contribution in [-0.4, -0.2) is 54.2 Å². The van der Waals surface area contributed by atoms with E-state index in [1.165, 1.54) is 16.7 Å². The van der Waals surface area contributed by atoms with Crippen molar-refractivity contribution in [3.05, 3.63) is 52.9 Å². The Morgan fingerprint density at radius 2 is 1.71 bits per heavy atom. The number of hydrogen-bond acceptors (Lipinski definition) is 6. The highest BCUT2D eigenvalue weighted by molar-refractivity contribution is 8.00. The van der Waals surface area contributed by atoms with Crippen molar-refractivity contribution in [3.63, 3.8) is 0 Å². The average Bonchev–Trinajstić information content (AvgIpc) is 2.67. The lowest BCUT2D eigenvalue weighted by molar-refractivity contribution is 0.0219. The molecule has 1 aliphatic heterocycles. The number of rotatable bonds is 4. The van der Waals surface area contributed by atoms with Crippen molar-refractivity contribution >= 4 is 27.7 Å². The van der Waals surface area contributed by atoms with Crippen molar-refractivity contribution in [2.24, 2.45) is 0 Å². The van der Waals surface area contributed by atoms with Gasteiger partial charge in [-0.2, -0.15) is 0 Å². The lowest BCUT2D eigenvalue weighted by atomic mass is 10.1. The average molecular weight is 465 g/mol. The number of pyridine rings is 1. The SMILES string of the molecule is CC(C)(C)OC(=O)N1CCC(Sc2ccn(-c3ccc(S(C)(=O)=O)cc3)c(=O)c2)CC1. The topological polar surface area (TPSA) is 85.7 Å². The number of aromatic nitrogens is 1. The fourth-order valence-corrected chi connectivity index (χ4v) is 5.05. The van der Waals surface area contributed by atoms with Gasteiger partial charge in [0.1, 0.15) is 5.60 Å². The van der Waals surface area contributed by atoms with Gasteiger partial charge in [-0.25, -0.2) is 13.2 Å². The Morgan fingerprint density at radius 1 is 1.10 bits per heavy atom. The summed E-state index contributed by atoms with van der Waals surface area (Å²) in [5.41, 5.74) is -0.0690. The maximum absolute atomic E-state index is 12.6. The van der Waals surface area contributed by atoms with E-state index < -0.39 is 15.4 Å². The Morgan fingerprint density at radius 3 is 2.23 bits per heavy atom. The first-order valence-electron chi connectivity index (χ1n) is 10.1. The third-order valence-electron chi connectivity index (χ3n) is 4.83. The summed E-state index contributed by atoms with van der Waals surface area (Å²) in [4.78, 5) is 27.6. The van der Waals surface area contributed by atoms with Crippen LogP contribution in [0.1, 0.15) is 33.6 Å². The summed E-state index contributed by atoms with van der Waals surface area (Å²) in [5.74, 6) is 0. The molecule has 0 spiro atoms. The Kier molecular flexibility index (Phi) is 6.85. The van der Waals surface area contributed by atoms with Crippen LogP contribution >= 0.6 is 11.8 Å². The van der Waals surface area contributed by atoms with Crippen LogP contribution in [-0.2, 0) is 14.6 Å². The molecule has 0 atom stereocenters. The molecule has 2 heterocycles. The summed E-state index contributed by atoms with van der Waals surface area (Å²) in [5, 5.41) is 0.322. The molecule has 1 aromatic carbocycles. The van der Waals surface area contributed by atoms with Crippen LogP contribution in [0.15, 0.2) is 57.2 Å².